The van der Waals surface area contributed by atoms with Gasteiger partial charge in [0.25, 0.3) is 0 Å². The number of rotatable bonds is 11. The van der Waals surface area contributed by atoms with E-state index in [1.54, 1.807) is 7.11 Å². The van der Waals surface area contributed by atoms with Crippen LogP contribution >= 0.6 is 0 Å². The smallest absolute Gasteiger partial charge is 0.192 e. The molecular formula is C33H47N5O3SSi. The van der Waals surface area contributed by atoms with Crippen molar-refractivity contribution in [3.8, 4) is 22.8 Å². The Labute approximate surface area is 261 Å². The first kappa shape index (κ1) is 33.1. The third-order valence-electron chi connectivity index (χ3n) is 8.07. The van der Waals surface area contributed by atoms with Crippen LogP contribution in [0, 0.1) is 0 Å². The van der Waals surface area contributed by atoms with E-state index in [4.69, 9.17) is 24.2 Å². The van der Waals surface area contributed by atoms with E-state index < -0.39 is 19.7 Å². The minimum atomic E-state index is -1.92. The van der Waals surface area contributed by atoms with Gasteiger partial charge in [0.15, 0.2) is 14.1 Å². The van der Waals surface area contributed by atoms with Crippen molar-refractivity contribution >= 4 is 30.6 Å². The van der Waals surface area contributed by atoms with E-state index in [1.165, 1.54) is 0 Å². The maximum Gasteiger partial charge on any atom is 0.192 e. The summed E-state index contributed by atoms with van der Waals surface area (Å²) in [7, 11) is -0.250. The molecule has 0 bridgehead atoms. The van der Waals surface area contributed by atoms with Crippen LogP contribution in [0.25, 0.3) is 28.0 Å². The van der Waals surface area contributed by atoms with Crippen LogP contribution in [0.5, 0.6) is 5.75 Å². The standard InChI is InChI=1S/C33H47N5O3SSi/c1-11-14-28(37-42(39)32(2,3)4)27-17-13-16-26(36-27)23-19-29-25(30(20-23)40-8)21-34-38(29)31-18-12-15-24(35-31)22-41-43(9,10)33(5,6)7/h12-13,15-21,28,37H,11,14,22H2,1-10H3/t28-,42?/m0/s1. The fourth-order valence-electron chi connectivity index (χ4n) is 4.40. The van der Waals surface area contributed by atoms with E-state index in [2.05, 4.69) is 51.6 Å². The van der Waals surface area contributed by atoms with Crippen LogP contribution < -0.4 is 9.46 Å². The molecule has 0 radical (unpaired) electrons. The van der Waals surface area contributed by atoms with Crippen LogP contribution in [0.4, 0.5) is 0 Å². The zero-order valence-electron chi connectivity index (χ0n) is 27.3. The normalized spacial score (nSPS) is 14.2. The molecule has 0 amide bonds. The summed E-state index contributed by atoms with van der Waals surface area (Å²) in [6.45, 7) is 19.7. The quantitative estimate of drug-likeness (QED) is 0.134. The average molecular weight is 622 g/mol. The van der Waals surface area contributed by atoms with Crippen molar-refractivity contribution in [3.63, 3.8) is 0 Å². The molecule has 0 fully saturated rings. The highest BCUT2D eigenvalue weighted by Gasteiger charge is 2.37. The number of methoxy groups -OCH3 is 1. The van der Waals surface area contributed by atoms with E-state index in [-0.39, 0.29) is 15.8 Å². The first-order chi connectivity index (χ1) is 20.1. The van der Waals surface area contributed by atoms with Crippen molar-refractivity contribution in [2.75, 3.05) is 7.11 Å². The molecule has 0 saturated carbocycles. The Morgan fingerprint density at radius 2 is 1.74 bits per heavy atom. The lowest BCUT2D eigenvalue weighted by atomic mass is 10.1. The number of ether oxygens (including phenoxy) is 1. The van der Waals surface area contributed by atoms with E-state index in [1.807, 2.05) is 74.1 Å². The minimum absolute atomic E-state index is 0.122. The Morgan fingerprint density at radius 1 is 1.02 bits per heavy atom. The van der Waals surface area contributed by atoms with Crippen molar-refractivity contribution in [2.45, 2.75) is 96.8 Å². The number of aromatic nitrogens is 4. The highest BCUT2D eigenvalue weighted by atomic mass is 32.2. The highest BCUT2D eigenvalue weighted by molar-refractivity contribution is 7.90. The van der Waals surface area contributed by atoms with Gasteiger partial charge in [0.2, 0.25) is 0 Å². The number of fused-ring (bicyclic) bond motifs is 1. The van der Waals surface area contributed by atoms with E-state index in [0.29, 0.717) is 18.2 Å². The van der Waals surface area contributed by atoms with Crippen LogP contribution in [0.3, 0.4) is 0 Å². The third kappa shape index (κ3) is 7.67. The van der Waals surface area contributed by atoms with Gasteiger partial charge in [0.05, 0.1) is 53.9 Å². The van der Waals surface area contributed by atoms with Crippen molar-refractivity contribution in [1.82, 2.24) is 24.5 Å². The van der Waals surface area contributed by atoms with Gasteiger partial charge in [-0.05, 0) is 81.7 Å². The minimum Gasteiger partial charge on any atom is -0.598 e. The van der Waals surface area contributed by atoms with Gasteiger partial charge in [-0.2, -0.15) is 5.10 Å². The van der Waals surface area contributed by atoms with E-state index in [9.17, 15) is 4.55 Å². The number of nitrogens with zero attached hydrogens (tertiary/aromatic N) is 4. The van der Waals surface area contributed by atoms with Crippen LogP contribution in [0.2, 0.25) is 18.1 Å². The Kier molecular flexibility index (Phi) is 10.1. The number of hydrogen-bond acceptors (Lipinski definition) is 7. The molecule has 4 aromatic rings. The third-order valence-corrected chi connectivity index (χ3v) is 14.2. The monoisotopic (exact) mass is 621 g/mol. The average Bonchev–Trinajstić information content (AvgIpc) is 3.39. The summed E-state index contributed by atoms with van der Waals surface area (Å²) < 4.78 is 30.0. The Hall–Kier alpha value is -2.76. The SMILES string of the molecule is CCC[C@H](N[S+]([O-])C(C)(C)C)c1cccc(-c2cc(OC)c3cnn(-c4cccc(CO[Si](C)(C)C(C)(C)C)n4)c3c2)n1. The van der Waals surface area contributed by atoms with Crippen molar-refractivity contribution in [3.05, 3.63) is 66.1 Å². The van der Waals surface area contributed by atoms with Crippen LogP contribution in [-0.4, -0.2) is 44.5 Å². The molecule has 1 N–H and O–H groups in total. The number of hydrogen-bond donors (Lipinski definition) is 1. The Balaban J connectivity index is 1.71. The van der Waals surface area contributed by atoms with Gasteiger partial charge in [-0.15, -0.1) is 4.72 Å². The fraction of sp³-hybridized carbons (Fsp3) is 0.485. The van der Waals surface area contributed by atoms with Crippen LogP contribution in [-0.2, 0) is 22.4 Å². The zero-order chi connectivity index (χ0) is 31.6. The molecule has 1 aromatic carbocycles. The van der Waals surface area contributed by atoms with Crippen LogP contribution in [0.1, 0.15) is 78.7 Å². The summed E-state index contributed by atoms with van der Waals surface area (Å²) in [5, 5.41) is 5.71. The second kappa shape index (κ2) is 13.1. The molecule has 43 heavy (non-hydrogen) atoms. The number of nitrogens with one attached hydrogen (secondary N) is 1. The number of benzene rings is 1. The molecule has 3 heterocycles. The summed E-state index contributed by atoms with van der Waals surface area (Å²) in [5.74, 6) is 1.42. The lowest BCUT2D eigenvalue weighted by Gasteiger charge is -2.36. The summed E-state index contributed by atoms with van der Waals surface area (Å²) >= 11 is -1.21. The lowest BCUT2D eigenvalue weighted by Crippen LogP contribution is -2.41. The van der Waals surface area contributed by atoms with Crippen molar-refractivity contribution < 1.29 is 13.7 Å². The largest absolute Gasteiger partial charge is 0.598 e. The molecule has 8 nitrogen and oxygen atoms in total. The molecule has 4 rings (SSSR count). The molecule has 0 saturated heterocycles. The van der Waals surface area contributed by atoms with Gasteiger partial charge >= 0.3 is 0 Å². The first-order valence-corrected chi connectivity index (χ1v) is 19.0. The summed E-state index contributed by atoms with van der Waals surface area (Å²) in [6.07, 6.45) is 3.58. The summed E-state index contributed by atoms with van der Waals surface area (Å²) in [6, 6.07) is 15.9. The first-order valence-electron chi connectivity index (χ1n) is 15.0. The molecule has 10 heteroatoms. The van der Waals surface area contributed by atoms with Gasteiger partial charge < -0.3 is 13.7 Å². The summed E-state index contributed by atoms with van der Waals surface area (Å²) in [5.41, 5.74) is 4.30. The topological polar surface area (TPSA) is 97.1 Å². The summed E-state index contributed by atoms with van der Waals surface area (Å²) in [4.78, 5) is 9.95. The number of pyridine rings is 2. The van der Waals surface area contributed by atoms with Gasteiger partial charge in [0.1, 0.15) is 10.5 Å². The molecule has 1 unspecified atom stereocenters. The molecule has 232 valence electrons. The maximum absolute atomic E-state index is 12.9. The van der Waals surface area contributed by atoms with Crippen LogP contribution in [0.15, 0.2) is 54.7 Å². The second-order valence-corrected chi connectivity index (χ2v) is 20.3. The predicted octanol–water partition coefficient (Wildman–Crippen LogP) is 7.91. The lowest BCUT2D eigenvalue weighted by molar-refractivity contribution is 0.272. The van der Waals surface area contributed by atoms with Gasteiger partial charge in [-0.25, -0.2) is 9.67 Å². The predicted molar refractivity (Wildman–Crippen MR) is 179 cm³/mol. The molecule has 0 spiro atoms. The van der Waals surface area contributed by atoms with E-state index in [0.717, 1.165) is 46.4 Å². The molecule has 0 aliphatic carbocycles. The molecule has 3 aromatic heterocycles. The van der Waals surface area contributed by atoms with Crippen molar-refractivity contribution in [2.24, 2.45) is 0 Å². The van der Waals surface area contributed by atoms with Crippen molar-refractivity contribution in [1.29, 1.82) is 0 Å². The van der Waals surface area contributed by atoms with Gasteiger partial charge in [-0.3, -0.25) is 4.98 Å². The molecule has 0 aliphatic heterocycles. The van der Waals surface area contributed by atoms with Gasteiger partial charge in [-0.1, -0.05) is 46.2 Å². The maximum atomic E-state index is 12.9. The second-order valence-electron chi connectivity index (χ2n) is 13.5. The van der Waals surface area contributed by atoms with E-state index >= 15 is 0 Å². The zero-order valence-corrected chi connectivity index (χ0v) is 29.1. The molecule has 0 aliphatic rings. The Morgan fingerprint density at radius 3 is 2.40 bits per heavy atom. The highest BCUT2D eigenvalue weighted by Crippen LogP contribution is 2.37. The Bertz CT molecular complexity index is 1540. The molecule has 2 atom stereocenters. The van der Waals surface area contributed by atoms with Gasteiger partial charge in [0, 0.05) is 16.9 Å². The molecular weight excluding hydrogens is 575 g/mol. The fourth-order valence-corrected chi connectivity index (χ4v) is 6.19.